The summed E-state index contributed by atoms with van der Waals surface area (Å²) >= 11 is 0. The number of nitrogens with one attached hydrogen (secondary N) is 1. The first-order valence-corrected chi connectivity index (χ1v) is 6.90. The van der Waals surface area contributed by atoms with E-state index >= 15 is 0 Å². The van der Waals surface area contributed by atoms with Gasteiger partial charge in [0.05, 0.1) is 13.0 Å². The van der Waals surface area contributed by atoms with Crippen molar-refractivity contribution in [1.82, 2.24) is 5.32 Å². The zero-order chi connectivity index (χ0) is 14.5. The van der Waals surface area contributed by atoms with Crippen LogP contribution in [0.15, 0.2) is 0 Å². The lowest BCUT2D eigenvalue weighted by Crippen LogP contribution is -2.50. The molecule has 1 N–H and O–H groups in total. The molecule has 1 unspecified atom stereocenters. The van der Waals surface area contributed by atoms with Crippen molar-refractivity contribution in [3.63, 3.8) is 0 Å². The number of carbonyl (C=O) groups is 2. The highest BCUT2D eigenvalue weighted by Gasteiger charge is 2.34. The summed E-state index contributed by atoms with van der Waals surface area (Å²) in [6.07, 6.45) is 3.80. The fraction of sp³-hybridized carbons (Fsp3) is 0.857. The second-order valence-corrected chi connectivity index (χ2v) is 5.33. The first-order chi connectivity index (χ1) is 8.96. The summed E-state index contributed by atoms with van der Waals surface area (Å²) in [5, 5.41) is 3.02. The maximum atomic E-state index is 12.1. The molecule has 1 saturated carbocycles. The molecule has 0 heterocycles. The first-order valence-electron chi connectivity index (χ1n) is 6.90. The van der Waals surface area contributed by atoms with Gasteiger partial charge in [0.2, 0.25) is 0 Å². The molecule has 0 spiro atoms. The summed E-state index contributed by atoms with van der Waals surface area (Å²) < 4.78 is 10.0. The number of rotatable bonds is 5. The molecule has 1 aliphatic carbocycles. The Labute approximate surface area is 115 Å². The van der Waals surface area contributed by atoms with Crippen LogP contribution in [0.25, 0.3) is 0 Å². The summed E-state index contributed by atoms with van der Waals surface area (Å²) in [4.78, 5) is 23.6. The predicted octanol–water partition coefficient (Wildman–Crippen LogP) is 1.65. The largest absolute Gasteiger partial charge is 0.469 e. The van der Waals surface area contributed by atoms with E-state index < -0.39 is 5.60 Å². The SMILES string of the molecule is CCC(C)(OC)C(=O)NC1CCC(C(=O)OC)CC1. The highest BCUT2D eigenvalue weighted by molar-refractivity contribution is 5.85. The number of hydrogen-bond acceptors (Lipinski definition) is 4. The molecule has 1 amide bonds. The highest BCUT2D eigenvalue weighted by Crippen LogP contribution is 2.26. The first kappa shape index (κ1) is 16.0. The van der Waals surface area contributed by atoms with Gasteiger partial charge >= 0.3 is 5.97 Å². The number of amides is 1. The average Bonchev–Trinajstić information content (AvgIpc) is 2.46. The Morgan fingerprint density at radius 3 is 2.21 bits per heavy atom. The summed E-state index contributed by atoms with van der Waals surface area (Å²) in [6, 6.07) is 0.134. The van der Waals surface area contributed by atoms with Crippen LogP contribution in [-0.2, 0) is 19.1 Å². The quantitative estimate of drug-likeness (QED) is 0.772. The van der Waals surface area contributed by atoms with Crippen LogP contribution >= 0.6 is 0 Å². The molecule has 0 aromatic heterocycles. The van der Waals surface area contributed by atoms with Crippen molar-refractivity contribution in [2.75, 3.05) is 14.2 Å². The van der Waals surface area contributed by atoms with Gasteiger partial charge in [0.1, 0.15) is 5.60 Å². The summed E-state index contributed by atoms with van der Waals surface area (Å²) in [7, 11) is 2.97. The molecule has 5 heteroatoms. The molecule has 0 bridgehead atoms. The molecule has 0 radical (unpaired) electrons. The normalized spacial score (nSPS) is 26.3. The lowest BCUT2D eigenvalue weighted by Gasteiger charge is -2.32. The monoisotopic (exact) mass is 271 g/mol. The number of hydrogen-bond donors (Lipinski definition) is 1. The van der Waals surface area contributed by atoms with Crippen LogP contribution in [0.5, 0.6) is 0 Å². The van der Waals surface area contributed by atoms with E-state index in [-0.39, 0.29) is 23.8 Å². The van der Waals surface area contributed by atoms with E-state index in [4.69, 9.17) is 9.47 Å². The Hall–Kier alpha value is -1.10. The highest BCUT2D eigenvalue weighted by atomic mass is 16.5. The second kappa shape index (κ2) is 6.89. The topological polar surface area (TPSA) is 64.6 Å². The van der Waals surface area contributed by atoms with Gasteiger partial charge in [-0.05, 0) is 39.0 Å². The van der Waals surface area contributed by atoms with Crippen molar-refractivity contribution in [2.45, 2.75) is 57.6 Å². The van der Waals surface area contributed by atoms with Crippen molar-refractivity contribution in [3.05, 3.63) is 0 Å². The van der Waals surface area contributed by atoms with Gasteiger partial charge in [-0.1, -0.05) is 6.92 Å². The lowest BCUT2D eigenvalue weighted by molar-refractivity contribution is -0.147. The molecule has 1 aliphatic rings. The zero-order valence-electron chi connectivity index (χ0n) is 12.3. The van der Waals surface area contributed by atoms with Crippen LogP contribution in [0.2, 0.25) is 0 Å². The molecule has 1 fully saturated rings. The van der Waals surface area contributed by atoms with Crippen LogP contribution in [0.1, 0.15) is 46.0 Å². The molecule has 0 saturated heterocycles. The maximum absolute atomic E-state index is 12.1. The van der Waals surface area contributed by atoms with Crippen molar-refractivity contribution in [1.29, 1.82) is 0 Å². The Kier molecular flexibility index (Phi) is 5.79. The fourth-order valence-electron chi connectivity index (χ4n) is 2.38. The molecular weight excluding hydrogens is 246 g/mol. The van der Waals surface area contributed by atoms with Crippen molar-refractivity contribution in [3.8, 4) is 0 Å². The molecule has 19 heavy (non-hydrogen) atoms. The number of ether oxygens (including phenoxy) is 2. The number of methoxy groups -OCH3 is 2. The third-order valence-electron chi connectivity index (χ3n) is 4.20. The van der Waals surface area contributed by atoms with Crippen LogP contribution in [-0.4, -0.2) is 37.7 Å². The number of carbonyl (C=O) groups excluding carboxylic acids is 2. The van der Waals surface area contributed by atoms with Gasteiger partial charge in [0, 0.05) is 13.2 Å². The molecule has 110 valence electrons. The summed E-state index contributed by atoms with van der Waals surface area (Å²) in [5.41, 5.74) is -0.765. The minimum atomic E-state index is -0.765. The smallest absolute Gasteiger partial charge is 0.308 e. The van der Waals surface area contributed by atoms with Gasteiger partial charge in [-0.2, -0.15) is 0 Å². The van der Waals surface area contributed by atoms with Crippen LogP contribution in [0.3, 0.4) is 0 Å². The van der Waals surface area contributed by atoms with Gasteiger partial charge in [-0.3, -0.25) is 9.59 Å². The molecule has 5 nitrogen and oxygen atoms in total. The van der Waals surface area contributed by atoms with Crippen LogP contribution in [0, 0.1) is 5.92 Å². The standard InChI is InChI=1S/C14H25NO4/c1-5-14(2,19-4)13(17)15-11-8-6-10(7-9-11)12(16)18-3/h10-11H,5-9H2,1-4H3,(H,15,17). The fourth-order valence-corrected chi connectivity index (χ4v) is 2.38. The molecule has 1 rings (SSSR count). The van der Waals surface area contributed by atoms with Gasteiger partial charge in [-0.15, -0.1) is 0 Å². The molecule has 0 aliphatic heterocycles. The third kappa shape index (κ3) is 3.93. The average molecular weight is 271 g/mol. The van der Waals surface area contributed by atoms with Crippen molar-refractivity contribution < 1.29 is 19.1 Å². The molecule has 1 atom stereocenters. The Bertz CT molecular complexity index is 317. The van der Waals surface area contributed by atoms with E-state index in [1.165, 1.54) is 7.11 Å². The van der Waals surface area contributed by atoms with Gasteiger partial charge in [0.15, 0.2) is 0 Å². The minimum absolute atomic E-state index is 0.0156. The van der Waals surface area contributed by atoms with Gasteiger partial charge < -0.3 is 14.8 Å². The lowest BCUT2D eigenvalue weighted by atomic mass is 9.85. The summed E-state index contributed by atoms with van der Waals surface area (Å²) in [5.74, 6) is -0.225. The Morgan fingerprint density at radius 1 is 1.21 bits per heavy atom. The van der Waals surface area contributed by atoms with E-state index in [2.05, 4.69) is 5.32 Å². The molecular formula is C14H25NO4. The van der Waals surface area contributed by atoms with Crippen LogP contribution in [0.4, 0.5) is 0 Å². The number of esters is 1. The Morgan fingerprint density at radius 2 is 1.79 bits per heavy atom. The van der Waals surface area contributed by atoms with E-state index in [0.29, 0.717) is 6.42 Å². The predicted molar refractivity (Wildman–Crippen MR) is 71.6 cm³/mol. The van der Waals surface area contributed by atoms with E-state index in [0.717, 1.165) is 25.7 Å². The van der Waals surface area contributed by atoms with E-state index in [1.807, 2.05) is 6.92 Å². The maximum Gasteiger partial charge on any atom is 0.308 e. The molecule has 0 aromatic rings. The van der Waals surface area contributed by atoms with Crippen molar-refractivity contribution >= 4 is 11.9 Å². The third-order valence-corrected chi connectivity index (χ3v) is 4.20. The Balaban J connectivity index is 2.45. The van der Waals surface area contributed by atoms with Crippen molar-refractivity contribution in [2.24, 2.45) is 5.92 Å². The van der Waals surface area contributed by atoms with E-state index in [1.54, 1.807) is 14.0 Å². The van der Waals surface area contributed by atoms with E-state index in [9.17, 15) is 9.59 Å². The zero-order valence-corrected chi connectivity index (χ0v) is 12.3. The van der Waals surface area contributed by atoms with Gasteiger partial charge in [-0.25, -0.2) is 0 Å². The minimum Gasteiger partial charge on any atom is -0.469 e. The second-order valence-electron chi connectivity index (χ2n) is 5.33. The summed E-state index contributed by atoms with van der Waals surface area (Å²) in [6.45, 7) is 3.72. The molecule has 0 aromatic carbocycles. The van der Waals surface area contributed by atoms with Crippen LogP contribution < -0.4 is 5.32 Å². The van der Waals surface area contributed by atoms with Gasteiger partial charge in [0.25, 0.3) is 5.91 Å².